The van der Waals surface area contributed by atoms with Crippen molar-refractivity contribution >= 4 is 18.3 Å². The summed E-state index contributed by atoms with van der Waals surface area (Å²) < 4.78 is 0. The zero-order valence-electron chi connectivity index (χ0n) is 14.1. The largest absolute Gasteiger partial charge is 0.338 e. The highest BCUT2D eigenvalue weighted by molar-refractivity contribution is 5.85. The lowest BCUT2D eigenvalue weighted by Gasteiger charge is -2.32. The van der Waals surface area contributed by atoms with E-state index in [1.807, 2.05) is 30.1 Å². The lowest BCUT2D eigenvalue weighted by Crippen LogP contribution is -2.33. The Kier molecular flexibility index (Phi) is 10.9. The molecular weight excluding hydrogens is 296 g/mol. The summed E-state index contributed by atoms with van der Waals surface area (Å²) in [5, 5.41) is 0. The van der Waals surface area contributed by atoms with Crippen molar-refractivity contribution in [2.45, 2.75) is 52.0 Å². The fourth-order valence-electron chi connectivity index (χ4n) is 2.81. The molecule has 3 nitrogen and oxygen atoms in total. The fraction of sp³-hybridized carbons (Fsp3) is 0.611. The van der Waals surface area contributed by atoms with Crippen LogP contribution < -0.4 is 5.73 Å². The molecule has 0 spiro atoms. The van der Waals surface area contributed by atoms with E-state index in [-0.39, 0.29) is 24.4 Å². The van der Waals surface area contributed by atoms with Gasteiger partial charge in [0.15, 0.2) is 0 Å². The van der Waals surface area contributed by atoms with Crippen LogP contribution in [0, 0.1) is 5.92 Å². The molecule has 1 rings (SSSR count). The highest BCUT2D eigenvalue weighted by Crippen LogP contribution is 2.28. The Hall–Kier alpha value is -1.06. The van der Waals surface area contributed by atoms with Gasteiger partial charge in [-0.3, -0.25) is 4.79 Å². The maximum atomic E-state index is 12.4. The molecule has 2 N–H and O–H groups in total. The molecule has 1 aromatic carbocycles. The van der Waals surface area contributed by atoms with Crippen molar-refractivity contribution in [2.75, 3.05) is 13.6 Å². The molecular formula is C18H31ClN2O. The molecule has 0 saturated heterocycles. The van der Waals surface area contributed by atoms with E-state index in [1.165, 1.54) is 5.56 Å². The number of carbonyl (C=O) groups excluding carboxylic acids is 1. The second kappa shape index (κ2) is 11.5. The Bertz CT molecular complexity index is 409. The van der Waals surface area contributed by atoms with E-state index in [4.69, 9.17) is 5.73 Å². The number of nitrogens with two attached hydrogens (primary N) is 1. The van der Waals surface area contributed by atoms with E-state index in [1.54, 1.807) is 0 Å². The smallest absolute Gasteiger partial charge is 0.222 e. The highest BCUT2D eigenvalue weighted by Gasteiger charge is 2.23. The van der Waals surface area contributed by atoms with Gasteiger partial charge in [0.25, 0.3) is 0 Å². The number of hydrogen-bond acceptors (Lipinski definition) is 2. The zero-order valence-corrected chi connectivity index (χ0v) is 14.9. The average molecular weight is 327 g/mol. The van der Waals surface area contributed by atoms with Crippen LogP contribution in [0.1, 0.15) is 57.6 Å². The summed E-state index contributed by atoms with van der Waals surface area (Å²) in [5.41, 5.74) is 6.70. The number of carbonyl (C=O) groups is 1. The predicted octanol–water partition coefficient (Wildman–Crippen LogP) is 4.17. The molecule has 1 amide bonds. The number of hydrogen-bond donors (Lipinski definition) is 1. The number of benzene rings is 1. The van der Waals surface area contributed by atoms with Crippen molar-refractivity contribution in [1.82, 2.24) is 4.90 Å². The average Bonchev–Trinajstić information content (AvgIpc) is 2.47. The highest BCUT2D eigenvalue weighted by atomic mass is 35.5. The van der Waals surface area contributed by atoms with Crippen molar-refractivity contribution in [3.63, 3.8) is 0 Å². The molecule has 1 unspecified atom stereocenters. The van der Waals surface area contributed by atoms with Crippen LogP contribution in [-0.4, -0.2) is 24.4 Å². The minimum Gasteiger partial charge on any atom is -0.338 e. The molecule has 4 heteroatoms. The fourth-order valence-corrected chi connectivity index (χ4v) is 2.81. The van der Waals surface area contributed by atoms with Crippen LogP contribution in [0.4, 0.5) is 0 Å². The summed E-state index contributed by atoms with van der Waals surface area (Å²) in [7, 11) is 1.93. The van der Waals surface area contributed by atoms with Gasteiger partial charge in [-0.2, -0.15) is 0 Å². The summed E-state index contributed by atoms with van der Waals surface area (Å²) in [6.45, 7) is 5.09. The van der Waals surface area contributed by atoms with Gasteiger partial charge in [0.05, 0.1) is 6.04 Å². The molecule has 0 radical (unpaired) electrons. The molecule has 0 aromatic heterocycles. The molecule has 0 fully saturated rings. The van der Waals surface area contributed by atoms with E-state index >= 15 is 0 Å². The number of nitrogens with zero attached hydrogens (tertiary/aromatic N) is 1. The van der Waals surface area contributed by atoms with E-state index < -0.39 is 0 Å². The van der Waals surface area contributed by atoms with Gasteiger partial charge < -0.3 is 10.6 Å². The monoisotopic (exact) mass is 326 g/mol. The third kappa shape index (κ3) is 6.80. The number of amides is 1. The van der Waals surface area contributed by atoms with Crippen LogP contribution in [-0.2, 0) is 4.79 Å². The van der Waals surface area contributed by atoms with Gasteiger partial charge >= 0.3 is 0 Å². The molecule has 0 heterocycles. The SMILES string of the molecule is CC(C)C(c1ccccc1)N(C)C(=O)CCCCCCN.Cl. The first kappa shape index (κ1) is 20.9. The van der Waals surface area contributed by atoms with E-state index in [0.717, 1.165) is 32.2 Å². The summed E-state index contributed by atoms with van der Waals surface area (Å²) in [6.07, 6.45) is 4.87. The Balaban J connectivity index is 0.00000441. The maximum Gasteiger partial charge on any atom is 0.222 e. The van der Waals surface area contributed by atoms with Crippen molar-refractivity contribution in [2.24, 2.45) is 11.7 Å². The summed E-state index contributed by atoms with van der Waals surface area (Å²) in [5.74, 6) is 0.642. The van der Waals surface area contributed by atoms with E-state index in [2.05, 4.69) is 26.0 Å². The van der Waals surface area contributed by atoms with Crippen molar-refractivity contribution < 1.29 is 4.79 Å². The normalized spacial score (nSPS) is 11.9. The van der Waals surface area contributed by atoms with Crippen molar-refractivity contribution in [3.8, 4) is 0 Å². The van der Waals surface area contributed by atoms with Gasteiger partial charge in [-0.25, -0.2) is 0 Å². The van der Waals surface area contributed by atoms with Crippen molar-refractivity contribution in [1.29, 1.82) is 0 Å². The second-order valence-corrected chi connectivity index (χ2v) is 6.06. The Morgan fingerprint density at radius 3 is 2.23 bits per heavy atom. The topological polar surface area (TPSA) is 46.3 Å². The van der Waals surface area contributed by atoms with Gasteiger partial charge in [0.1, 0.15) is 0 Å². The third-order valence-electron chi connectivity index (χ3n) is 3.93. The Labute approximate surface area is 141 Å². The second-order valence-electron chi connectivity index (χ2n) is 6.06. The minimum atomic E-state index is 0. The van der Waals surface area contributed by atoms with Gasteiger partial charge in [0, 0.05) is 13.5 Å². The zero-order chi connectivity index (χ0) is 15.7. The van der Waals surface area contributed by atoms with Crippen molar-refractivity contribution in [3.05, 3.63) is 35.9 Å². The number of unbranched alkanes of at least 4 members (excludes halogenated alkanes) is 3. The molecule has 0 aliphatic carbocycles. The quantitative estimate of drug-likeness (QED) is 0.692. The molecule has 0 aliphatic rings. The van der Waals surface area contributed by atoms with E-state index in [0.29, 0.717) is 12.3 Å². The Morgan fingerprint density at radius 2 is 1.68 bits per heavy atom. The van der Waals surface area contributed by atoms with Gasteiger partial charge in [-0.05, 0) is 30.9 Å². The molecule has 126 valence electrons. The van der Waals surface area contributed by atoms with Crippen LogP contribution >= 0.6 is 12.4 Å². The minimum absolute atomic E-state index is 0. The lowest BCUT2D eigenvalue weighted by atomic mass is 9.94. The van der Waals surface area contributed by atoms with Crippen LogP contribution in [0.25, 0.3) is 0 Å². The molecule has 22 heavy (non-hydrogen) atoms. The summed E-state index contributed by atoms with van der Waals surface area (Å²) in [6, 6.07) is 10.5. The van der Waals surface area contributed by atoms with Crippen LogP contribution in [0.5, 0.6) is 0 Å². The summed E-state index contributed by atoms with van der Waals surface area (Å²) >= 11 is 0. The van der Waals surface area contributed by atoms with Crippen LogP contribution in [0.15, 0.2) is 30.3 Å². The molecule has 0 aliphatic heterocycles. The predicted molar refractivity (Wildman–Crippen MR) is 96.2 cm³/mol. The number of rotatable bonds is 9. The molecule has 1 aromatic rings. The van der Waals surface area contributed by atoms with Crippen LogP contribution in [0.3, 0.4) is 0 Å². The number of halogens is 1. The van der Waals surface area contributed by atoms with Gasteiger partial charge in [0.2, 0.25) is 5.91 Å². The third-order valence-corrected chi connectivity index (χ3v) is 3.93. The molecule has 0 saturated carbocycles. The summed E-state index contributed by atoms with van der Waals surface area (Å²) in [4.78, 5) is 14.3. The van der Waals surface area contributed by atoms with Crippen LogP contribution in [0.2, 0.25) is 0 Å². The molecule has 0 bridgehead atoms. The first-order valence-corrected chi connectivity index (χ1v) is 8.08. The van der Waals surface area contributed by atoms with E-state index in [9.17, 15) is 4.79 Å². The lowest BCUT2D eigenvalue weighted by molar-refractivity contribution is -0.133. The first-order valence-electron chi connectivity index (χ1n) is 8.08. The maximum absolute atomic E-state index is 12.4. The van der Waals surface area contributed by atoms with Gasteiger partial charge in [-0.1, -0.05) is 57.0 Å². The van der Waals surface area contributed by atoms with Gasteiger partial charge in [-0.15, -0.1) is 12.4 Å². The Morgan fingerprint density at radius 1 is 1.09 bits per heavy atom. The molecule has 1 atom stereocenters. The standard InChI is InChI=1S/C18H30N2O.ClH/c1-15(2)18(16-11-7-6-8-12-16)20(3)17(21)13-9-4-5-10-14-19;/h6-8,11-12,15,18H,4-5,9-10,13-14,19H2,1-3H3;1H. The first-order chi connectivity index (χ1) is 10.1.